The fraction of sp³-hybridized carbons (Fsp3) is 0.286. The average Bonchev–Trinajstić information content (AvgIpc) is 2.04. The average molecular weight is 177 g/mol. The number of hydrogen-bond acceptors (Lipinski definition) is 2. The van der Waals surface area contributed by atoms with Crippen molar-refractivity contribution < 1.29 is 17.9 Å². The van der Waals surface area contributed by atoms with Gasteiger partial charge in [-0.3, -0.25) is 0 Å². The van der Waals surface area contributed by atoms with Gasteiger partial charge in [-0.2, -0.15) is 4.39 Å². The van der Waals surface area contributed by atoms with Crippen molar-refractivity contribution in [2.24, 2.45) is 0 Å². The van der Waals surface area contributed by atoms with Crippen LogP contribution in [-0.4, -0.2) is 12.1 Å². The molecule has 0 fully saturated rings. The van der Waals surface area contributed by atoms with Crippen molar-refractivity contribution in [2.45, 2.75) is 6.43 Å². The predicted molar refractivity (Wildman–Crippen MR) is 35.7 cm³/mol. The third-order valence-electron chi connectivity index (χ3n) is 1.28. The van der Waals surface area contributed by atoms with Crippen LogP contribution in [0.25, 0.3) is 0 Å². The molecular formula is C7H6F3NO. The molecule has 0 bridgehead atoms. The number of aromatic nitrogens is 1. The van der Waals surface area contributed by atoms with E-state index in [4.69, 9.17) is 0 Å². The van der Waals surface area contributed by atoms with Gasteiger partial charge in [0.25, 0.3) is 12.4 Å². The maximum atomic E-state index is 12.6. The SMILES string of the molecule is COc1ccc(C(F)F)nc1F. The zero-order chi connectivity index (χ0) is 9.14. The molecule has 1 aromatic heterocycles. The van der Waals surface area contributed by atoms with Crippen LogP contribution in [0.4, 0.5) is 13.2 Å². The molecular weight excluding hydrogens is 171 g/mol. The van der Waals surface area contributed by atoms with Gasteiger partial charge in [-0.05, 0) is 12.1 Å². The quantitative estimate of drug-likeness (QED) is 0.646. The molecule has 0 spiro atoms. The van der Waals surface area contributed by atoms with Crippen molar-refractivity contribution in [2.75, 3.05) is 7.11 Å². The number of ether oxygens (including phenoxy) is 1. The lowest BCUT2D eigenvalue weighted by Crippen LogP contribution is -1.96. The maximum absolute atomic E-state index is 12.6. The molecule has 0 aromatic carbocycles. The Morgan fingerprint density at radius 1 is 1.42 bits per heavy atom. The molecule has 0 unspecified atom stereocenters. The van der Waals surface area contributed by atoms with Crippen LogP contribution in [0.2, 0.25) is 0 Å². The highest BCUT2D eigenvalue weighted by atomic mass is 19.3. The van der Waals surface area contributed by atoms with Crippen molar-refractivity contribution in [3.8, 4) is 5.75 Å². The fourth-order valence-electron chi connectivity index (χ4n) is 0.709. The first-order valence-corrected chi connectivity index (χ1v) is 3.13. The van der Waals surface area contributed by atoms with Crippen molar-refractivity contribution >= 4 is 0 Å². The molecule has 12 heavy (non-hydrogen) atoms. The smallest absolute Gasteiger partial charge is 0.280 e. The number of hydrogen-bond donors (Lipinski definition) is 0. The van der Waals surface area contributed by atoms with Crippen LogP contribution in [0.15, 0.2) is 12.1 Å². The van der Waals surface area contributed by atoms with Crippen LogP contribution in [0, 0.1) is 5.95 Å². The molecule has 1 rings (SSSR count). The molecule has 0 atom stereocenters. The Balaban J connectivity index is 3.02. The minimum absolute atomic E-state index is 0.139. The largest absolute Gasteiger partial charge is 0.492 e. The van der Waals surface area contributed by atoms with E-state index in [1.165, 1.54) is 7.11 Å². The van der Waals surface area contributed by atoms with Gasteiger partial charge >= 0.3 is 0 Å². The van der Waals surface area contributed by atoms with Crippen LogP contribution >= 0.6 is 0 Å². The summed E-state index contributed by atoms with van der Waals surface area (Å²) in [4.78, 5) is 3.00. The highest BCUT2D eigenvalue weighted by molar-refractivity contribution is 5.21. The van der Waals surface area contributed by atoms with E-state index in [2.05, 4.69) is 9.72 Å². The summed E-state index contributed by atoms with van der Waals surface area (Å²) in [5.41, 5.74) is -0.590. The monoisotopic (exact) mass is 177 g/mol. The number of nitrogens with zero attached hydrogens (tertiary/aromatic N) is 1. The molecule has 0 radical (unpaired) electrons. The molecule has 1 heterocycles. The molecule has 1 aromatic rings. The fourth-order valence-corrected chi connectivity index (χ4v) is 0.709. The summed E-state index contributed by atoms with van der Waals surface area (Å²) >= 11 is 0. The lowest BCUT2D eigenvalue weighted by molar-refractivity contribution is 0.144. The zero-order valence-corrected chi connectivity index (χ0v) is 6.22. The van der Waals surface area contributed by atoms with Crippen molar-refractivity contribution in [1.82, 2.24) is 4.98 Å². The molecule has 0 saturated heterocycles. The second-order valence-corrected chi connectivity index (χ2v) is 2.03. The molecule has 66 valence electrons. The minimum Gasteiger partial charge on any atom is -0.492 e. The van der Waals surface area contributed by atoms with Crippen molar-refractivity contribution in [3.05, 3.63) is 23.8 Å². The van der Waals surface area contributed by atoms with E-state index in [0.29, 0.717) is 0 Å². The van der Waals surface area contributed by atoms with Gasteiger partial charge in [0.2, 0.25) is 0 Å². The van der Waals surface area contributed by atoms with E-state index >= 15 is 0 Å². The molecule has 2 nitrogen and oxygen atoms in total. The Bertz CT molecular complexity index is 277. The first kappa shape index (κ1) is 8.83. The molecule has 0 aliphatic carbocycles. The van der Waals surface area contributed by atoms with E-state index in [1.807, 2.05) is 0 Å². The van der Waals surface area contributed by atoms with Crippen LogP contribution < -0.4 is 4.74 Å². The molecule has 0 saturated carbocycles. The van der Waals surface area contributed by atoms with Gasteiger partial charge in [0, 0.05) is 0 Å². The Hall–Kier alpha value is -1.26. The predicted octanol–water partition coefficient (Wildman–Crippen LogP) is 2.17. The summed E-state index contributed by atoms with van der Waals surface area (Å²) in [6, 6.07) is 2.14. The first-order chi connectivity index (χ1) is 5.65. The molecule has 5 heteroatoms. The maximum Gasteiger partial charge on any atom is 0.280 e. The first-order valence-electron chi connectivity index (χ1n) is 3.13. The second kappa shape index (κ2) is 3.42. The number of halogens is 3. The summed E-state index contributed by atoms with van der Waals surface area (Å²) in [7, 11) is 1.24. The number of rotatable bonds is 2. The topological polar surface area (TPSA) is 22.1 Å². The standard InChI is InChI=1S/C7H6F3NO/c1-12-5-3-2-4(6(8)9)11-7(5)10/h2-3,6H,1H3. The highest BCUT2D eigenvalue weighted by Crippen LogP contribution is 2.20. The zero-order valence-electron chi connectivity index (χ0n) is 6.22. The van der Waals surface area contributed by atoms with Crippen LogP contribution in [0.1, 0.15) is 12.1 Å². The van der Waals surface area contributed by atoms with Crippen LogP contribution in [0.5, 0.6) is 5.75 Å². The van der Waals surface area contributed by atoms with Crippen molar-refractivity contribution in [3.63, 3.8) is 0 Å². The second-order valence-electron chi connectivity index (χ2n) is 2.03. The van der Waals surface area contributed by atoms with Gasteiger partial charge in [-0.25, -0.2) is 13.8 Å². The van der Waals surface area contributed by atoms with E-state index in [1.54, 1.807) is 0 Å². The van der Waals surface area contributed by atoms with E-state index < -0.39 is 18.1 Å². The number of methoxy groups -OCH3 is 1. The third-order valence-corrected chi connectivity index (χ3v) is 1.28. The third kappa shape index (κ3) is 1.66. The normalized spacial score (nSPS) is 10.4. The Kier molecular flexibility index (Phi) is 2.52. The van der Waals surface area contributed by atoms with E-state index in [0.717, 1.165) is 12.1 Å². The minimum atomic E-state index is -2.76. The molecule has 0 amide bonds. The van der Waals surface area contributed by atoms with Gasteiger partial charge in [-0.1, -0.05) is 0 Å². The summed E-state index contributed by atoms with van der Waals surface area (Å²) < 4.78 is 41.0. The van der Waals surface area contributed by atoms with Gasteiger partial charge in [0.15, 0.2) is 5.75 Å². The van der Waals surface area contributed by atoms with Gasteiger partial charge in [0.1, 0.15) is 5.69 Å². The molecule has 0 N–H and O–H groups in total. The van der Waals surface area contributed by atoms with Gasteiger partial charge in [-0.15, -0.1) is 0 Å². The summed E-state index contributed by atoms with van der Waals surface area (Å²) in [6.07, 6.45) is -2.76. The van der Waals surface area contributed by atoms with E-state index in [-0.39, 0.29) is 5.75 Å². The van der Waals surface area contributed by atoms with Gasteiger partial charge in [0.05, 0.1) is 7.11 Å². The Morgan fingerprint density at radius 2 is 2.08 bits per heavy atom. The number of pyridine rings is 1. The summed E-state index contributed by atoms with van der Waals surface area (Å²) in [5, 5.41) is 0. The van der Waals surface area contributed by atoms with Crippen LogP contribution in [-0.2, 0) is 0 Å². The van der Waals surface area contributed by atoms with E-state index in [9.17, 15) is 13.2 Å². The Morgan fingerprint density at radius 3 is 2.50 bits per heavy atom. The molecule has 0 aliphatic heterocycles. The van der Waals surface area contributed by atoms with Crippen LogP contribution in [0.3, 0.4) is 0 Å². The van der Waals surface area contributed by atoms with Gasteiger partial charge < -0.3 is 4.74 Å². The highest BCUT2D eigenvalue weighted by Gasteiger charge is 2.12. The lowest BCUT2D eigenvalue weighted by atomic mass is 10.3. The molecule has 0 aliphatic rings. The summed E-state index contributed by atoms with van der Waals surface area (Å²) in [6.45, 7) is 0. The summed E-state index contributed by atoms with van der Waals surface area (Å²) in [5.74, 6) is -1.16. The lowest BCUT2D eigenvalue weighted by Gasteiger charge is -2.02. The van der Waals surface area contributed by atoms with Crippen molar-refractivity contribution in [1.29, 1.82) is 0 Å². The Labute approximate surface area is 67.0 Å². The number of alkyl halides is 2.